The van der Waals surface area contributed by atoms with Gasteiger partial charge in [0.1, 0.15) is 0 Å². The second-order valence-electron chi connectivity index (χ2n) is 5.98. The molecule has 0 aromatic carbocycles. The average molecular weight is 320 g/mol. The Morgan fingerprint density at radius 1 is 1.19 bits per heavy atom. The van der Waals surface area contributed by atoms with Crippen molar-refractivity contribution in [3.8, 4) is 0 Å². The van der Waals surface area contributed by atoms with Crippen LogP contribution in [0.1, 0.15) is 32.6 Å². The maximum atomic E-state index is 12.0. The lowest BCUT2D eigenvalue weighted by Gasteiger charge is -2.32. The lowest BCUT2D eigenvalue weighted by molar-refractivity contribution is -0.123. The fraction of sp³-hybridized carbons (Fsp3) is 0.933. The van der Waals surface area contributed by atoms with Gasteiger partial charge in [-0.15, -0.1) is 12.4 Å². The quantitative estimate of drug-likeness (QED) is 0.767. The van der Waals surface area contributed by atoms with Crippen molar-refractivity contribution >= 4 is 18.3 Å². The van der Waals surface area contributed by atoms with Gasteiger partial charge in [0.25, 0.3) is 0 Å². The average Bonchev–Trinajstić information content (AvgIpc) is 2.47. The molecule has 1 amide bonds. The molecule has 0 atom stereocenters. The van der Waals surface area contributed by atoms with E-state index in [-0.39, 0.29) is 18.3 Å². The highest BCUT2D eigenvalue weighted by molar-refractivity contribution is 5.85. The van der Waals surface area contributed by atoms with Crippen molar-refractivity contribution in [2.45, 2.75) is 38.6 Å². The Balaban J connectivity index is 0.00000220. The van der Waals surface area contributed by atoms with Crippen LogP contribution in [0.2, 0.25) is 0 Å². The lowest BCUT2D eigenvalue weighted by Crippen LogP contribution is -2.46. The number of halogens is 1. The smallest absolute Gasteiger partial charge is 0.234 e. The lowest BCUT2D eigenvalue weighted by atomic mass is 9.97. The van der Waals surface area contributed by atoms with Crippen molar-refractivity contribution in [1.82, 2.24) is 15.5 Å². The van der Waals surface area contributed by atoms with Gasteiger partial charge in [-0.1, -0.05) is 6.92 Å². The molecule has 124 valence electrons. The van der Waals surface area contributed by atoms with E-state index in [0.717, 1.165) is 58.2 Å². The van der Waals surface area contributed by atoms with Gasteiger partial charge in [0.05, 0.1) is 6.54 Å². The van der Waals surface area contributed by atoms with E-state index in [1.54, 1.807) is 0 Å². The van der Waals surface area contributed by atoms with E-state index in [1.165, 1.54) is 12.8 Å². The Labute approximate surface area is 134 Å². The monoisotopic (exact) mass is 319 g/mol. The number of piperidine rings is 1. The second-order valence-corrected chi connectivity index (χ2v) is 5.98. The molecule has 0 unspecified atom stereocenters. The van der Waals surface area contributed by atoms with E-state index < -0.39 is 0 Å². The Bertz CT molecular complexity index is 291. The second kappa shape index (κ2) is 10.4. The first kappa shape index (κ1) is 18.7. The summed E-state index contributed by atoms with van der Waals surface area (Å²) in [4.78, 5) is 14.3. The summed E-state index contributed by atoms with van der Waals surface area (Å²) >= 11 is 0. The molecule has 0 bridgehead atoms. The molecule has 2 aliphatic rings. The van der Waals surface area contributed by atoms with Crippen molar-refractivity contribution < 1.29 is 9.53 Å². The predicted molar refractivity (Wildman–Crippen MR) is 86.9 cm³/mol. The molecule has 6 heteroatoms. The van der Waals surface area contributed by atoms with Crippen LogP contribution in [0, 0.1) is 5.92 Å². The predicted octanol–water partition coefficient (Wildman–Crippen LogP) is 1.02. The highest BCUT2D eigenvalue weighted by atomic mass is 35.5. The number of nitrogens with one attached hydrogen (secondary N) is 2. The molecule has 0 aliphatic carbocycles. The molecule has 2 fully saturated rings. The molecular weight excluding hydrogens is 290 g/mol. The summed E-state index contributed by atoms with van der Waals surface area (Å²) in [5.41, 5.74) is 0. The minimum absolute atomic E-state index is 0. The van der Waals surface area contributed by atoms with Crippen molar-refractivity contribution in [2.24, 2.45) is 5.92 Å². The largest absolute Gasteiger partial charge is 0.381 e. The van der Waals surface area contributed by atoms with E-state index >= 15 is 0 Å². The van der Waals surface area contributed by atoms with Gasteiger partial charge in [0.2, 0.25) is 5.91 Å². The molecule has 5 nitrogen and oxygen atoms in total. The summed E-state index contributed by atoms with van der Waals surface area (Å²) in [7, 11) is 0. The molecular formula is C15H30ClN3O2. The van der Waals surface area contributed by atoms with Crippen molar-refractivity contribution in [2.75, 3.05) is 45.9 Å². The van der Waals surface area contributed by atoms with E-state index in [1.807, 2.05) is 0 Å². The fourth-order valence-electron chi connectivity index (χ4n) is 3.02. The summed E-state index contributed by atoms with van der Waals surface area (Å²) in [6, 6.07) is 0.322. The third-order valence-electron chi connectivity index (χ3n) is 4.34. The number of carbonyl (C=O) groups is 1. The summed E-state index contributed by atoms with van der Waals surface area (Å²) in [5, 5.41) is 6.56. The van der Waals surface area contributed by atoms with Gasteiger partial charge in [-0.25, -0.2) is 0 Å². The maximum Gasteiger partial charge on any atom is 0.234 e. The molecule has 2 heterocycles. The van der Waals surface area contributed by atoms with Crippen LogP contribution in [0.5, 0.6) is 0 Å². The first-order chi connectivity index (χ1) is 9.78. The third kappa shape index (κ3) is 6.96. The third-order valence-corrected chi connectivity index (χ3v) is 4.34. The van der Waals surface area contributed by atoms with E-state index in [4.69, 9.17) is 4.74 Å². The minimum Gasteiger partial charge on any atom is -0.381 e. The van der Waals surface area contributed by atoms with Gasteiger partial charge in [-0.2, -0.15) is 0 Å². The summed E-state index contributed by atoms with van der Waals surface area (Å²) in [5.74, 6) is 0.965. The topological polar surface area (TPSA) is 53.6 Å². The maximum absolute atomic E-state index is 12.0. The molecule has 2 aliphatic heterocycles. The van der Waals surface area contributed by atoms with Gasteiger partial charge in [0.15, 0.2) is 0 Å². The van der Waals surface area contributed by atoms with E-state index in [0.29, 0.717) is 12.6 Å². The molecule has 0 aromatic heterocycles. The van der Waals surface area contributed by atoms with E-state index in [2.05, 4.69) is 22.5 Å². The number of ether oxygens (including phenoxy) is 1. The van der Waals surface area contributed by atoms with Crippen LogP contribution < -0.4 is 10.6 Å². The zero-order chi connectivity index (χ0) is 14.2. The van der Waals surface area contributed by atoms with Gasteiger partial charge >= 0.3 is 0 Å². The Morgan fingerprint density at radius 2 is 1.86 bits per heavy atom. The first-order valence-electron chi connectivity index (χ1n) is 8.08. The number of nitrogens with zero attached hydrogens (tertiary/aromatic N) is 1. The summed E-state index contributed by atoms with van der Waals surface area (Å²) < 4.78 is 5.31. The van der Waals surface area contributed by atoms with Gasteiger partial charge < -0.3 is 15.4 Å². The Morgan fingerprint density at radius 3 is 2.48 bits per heavy atom. The van der Waals surface area contributed by atoms with Crippen LogP contribution in [0.3, 0.4) is 0 Å². The fourth-order valence-corrected chi connectivity index (χ4v) is 3.02. The number of hydrogen-bond acceptors (Lipinski definition) is 4. The molecule has 2 rings (SSSR count). The standard InChI is InChI=1S/C15H29N3O2.ClH/c1-2-16-11-13-3-7-18(8-4-13)12-15(19)17-14-5-9-20-10-6-14;/h13-14,16H,2-12H2,1H3,(H,17,19);1H. The number of likely N-dealkylation sites (tertiary alicyclic amines) is 1. The van der Waals surface area contributed by atoms with Crippen LogP contribution in [0.4, 0.5) is 0 Å². The van der Waals surface area contributed by atoms with Crippen LogP contribution in [-0.2, 0) is 9.53 Å². The molecule has 0 saturated carbocycles. The highest BCUT2D eigenvalue weighted by Crippen LogP contribution is 2.16. The van der Waals surface area contributed by atoms with Crippen molar-refractivity contribution in [1.29, 1.82) is 0 Å². The summed E-state index contributed by atoms with van der Waals surface area (Å²) in [6.07, 6.45) is 4.32. The van der Waals surface area contributed by atoms with Crippen molar-refractivity contribution in [3.05, 3.63) is 0 Å². The van der Waals surface area contributed by atoms with Crippen LogP contribution in [0.25, 0.3) is 0 Å². The zero-order valence-electron chi connectivity index (χ0n) is 13.1. The van der Waals surface area contributed by atoms with Crippen molar-refractivity contribution in [3.63, 3.8) is 0 Å². The molecule has 21 heavy (non-hydrogen) atoms. The van der Waals surface area contributed by atoms with Gasteiger partial charge in [0, 0.05) is 19.3 Å². The van der Waals surface area contributed by atoms with Crippen LogP contribution >= 0.6 is 12.4 Å². The number of rotatable bonds is 6. The normalized spacial score (nSPS) is 21.8. The Kier molecular flexibility index (Phi) is 9.24. The highest BCUT2D eigenvalue weighted by Gasteiger charge is 2.22. The van der Waals surface area contributed by atoms with Crippen LogP contribution in [0.15, 0.2) is 0 Å². The molecule has 0 spiro atoms. The van der Waals surface area contributed by atoms with Gasteiger partial charge in [-0.3, -0.25) is 9.69 Å². The van der Waals surface area contributed by atoms with E-state index in [9.17, 15) is 4.79 Å². The zero-order valence-corrected chi connectivity index (χ0v) is 13.9. The molecule has 0 radical (unpaired) electrons. The molecule has 0 aromatic rings. The van der Waals surface area contributed by atoms with Crippen LogP contribution in [-0.4, -0.2) is 62.8 Å². The minimum atomic E-state index is 0. The Hall–Kier alpha value is -0.360. The SMILES string of the molecule is CCNCC1CCN(CC(=O)NC2CCOCC2)CC1.Cl. The number of carbonyl (C=O) groups excluding carboxylic acids is 1. The molecule has 2 saturated heterocycles. The summed E-state index contributed by atoms with van der Waals surface area (Å²) in [6.45, 7) is 8.55. The number of amides is 1. The first-order valence-corrected chi connectivity index (χ1v) is 8.08. The molecule has 2 N–H and O–H groups in total. The number of hydrogen-bond donors (Lipinski definition) is 2. The van der Waals surface area contributed by atoms with Gasteiger partial charge in [-0.05, 0) is 57.8 Å².